The van der Waals surface area contributed by atoms with E-state index in [9.17, 15) is 4.21 Å². The van der Waals surface area contributed by atoms with E-state index < -0.39 is 10.8 Å². The molecule has 1 N–H and O–H groups in total. The van der Waals surface area contributed by atoms with Gasteiger partial charge in [0.25, 0.3) is 0 Å². The average Bonchev–Trinajstić information content (AvgIpc) is 2.79. The second kappa shape index (κ2) is 9.15. The van der Waals surface area contributed by atoms with E-state index in [4.69, 9.17) is 0 Å². The Hall–Kier alpha value is 0.150. The molecule has 1 fully saturated rings. The minimum absolute atomic E-state index is 0. The number of hydrogen-bond donors (Lipinski definition) is 1. The number of likely N-dealkylation sites (tertiary alicyclic amines) is 1. The molecule has 0 amide bonds. The van der Waals surface area contributed by atoms with Gasteiger partial charge in [-0.3, -0.25) is 9.20 Å². The smallest absolute Gasteiger partial charge is 0.193 e. The standard InChI is InChI=1S/C13H27N3OS.HI/c1-5-14-12(16-9-6-7-10-16)15-8-11-18(17)13(2,3)4;/h5-11H2,1-4H3,(H,14,15);1H. The quantitative estimate of drug-likeness (QED) is 0.446. The number of aliphatic imine (C=N–C) groups is 1. The molecule has 1 rings (SSSR count). The van der Waals surface area contributed by atoms with Crippen molar-refractivity contribution >= 4 is 40.7 Å². The van der Waals surface area contributed by atoms with Crippen LogP contribution in [0.3, 0.4) is 0 Å². The Morgan fingerprint density at radius 3 is 2.37 bits per heavy atom. The molecule has 0 aromatic carbocycles. The van der Waals surface area contributed by atoms with Crippen molar-refractivity contribution in [3.63, 3.8) is 0 Å². The Morgan fingerprint density at radius 2 is 1.89 bits per heavy atom. The van der Waals surface area contributed by atoms with Gasteiger partial charge in [0.15, 0.2) is 5.96 Å². The van der Waals surface area contributed by atoms with Gasteiger partial charge in [0.1, 0.15) is 0 Å². The van der Waals surface area contributed by atoms with E-state index in [1.165, 1.54) is 12.8 Å². The molecule has 114 valence electrons. The van der Waals surface area contributed by atoms with E-state index in [-0.39, 0.29) is 28.7 Å². The lowest BCUT2D eigenvalue weighted by Gasteiger charge is -2.21. The van der Waals surface area contributed by atoms with E-state index in [0.29, 0.717) is 12.3 Å². The molecule has 1 aliphatic rings. The lowest BCUT2D eigenvalue weighted by molar-refractivity contribution is 0.494. The van der Waals surface area contributed by atoms with Gasteiger partial charge in [-0.1, -0.05) is 0 Å². The molecule has 1 atom stereocenters. The van der Waals surface area contributed by atoms with Gasteiger partial charge >= 0.3 is 0 Å². The molecule has 1 unspecified atom stereocenters. The highest BCUT2D eigenvalue weighted by molar-refractivity contribution is 14.0. The number of nitrogens with zero attached hydrogens (tertiary/aromatic N) is 2. The van der Waals surface area contributed by atoms with Gasteiger partial charge in [-0.15, -0.1) is 24.0 Å². The highest BCUT2D eigenvalue weighted by Gasteiger charge is 2.19. The summed E-state index contributed by atoms with van der Waals surface area (Å²) in [6, 6.07) is 0. The maximum Gasteiger partial charge on any atom is 0.193 e. The average molecular weight is 401 g/mol. The molecule has 1 saturated heterocycles. The van der Waals surface area contributed by atoms with E-state index in [1.54, 1.807) is 0 Å². The predicted octanol–water partition coefficient (Wildman–Crippen LogP) is 2.21. The molecule has 0 saturated carbocycles. The molecule has 6 heteroatoms. The summed E-state index contributed by atoms with van der Waals surface area (Å²) in [6.07, 6.45) is 2.50. The maximum atomic E-state index is 11.9. The summed E-state index contributed by atoms with van der Waals surface area (Å²) < 4.78 is 11.8. The molecule has 4 nitrogen and oxygen atoms in total. The fraction of sp³-hybridized carbons (Fsp3) is 0.923. The Labute approximate surface area is 137 Å². The van der Waals surface area contributed by atoms with Crippen LogP contribution in [-0.4, -0.2) is 51.7 Å². The van der Waals surface area contributed by atoms with Crippen LogP contribution in [0.4, 0.5) is 0 Å². The molecule has 0 bridgehead atoms. The van der Waals surface area contributed by atoms with Crippen molar-refractivity contribution in [2.45, 2.75) is 45.3 Å². The summed E-state index contributed by atoms with van der Waals surface area (Å²) in [7, 11) is -0.813. The van der Waals surface area contributed by atoms with E-state index in [2.05, 4.69) is 22.1 Å². The lowest BCUT2D eigenvalue weighted by Crippen LogP contribution is -2.40. The Bertz CT molecular complexity index is 310. The number of hydrogen-bond acceptors (Lipinski definition) is 2. The van der Waals surface area contributed by atoms with Crippen molar-refractivity contribution in [3.8, 4) is 0 Å². The summed E-state index contributed by atoms with van der Waals surface area (Å²) in [5, 5.41) is 3.31. The zero-order chi connectivity index (χ0) is 13.6. The summed E-state index contributed by atoms with van der Waals surface area (Å²) in [6.45, 7) is 11.8. The van der Waals surface area contributed by atoms with Crippen LogP contribution in [-0.2, 0) is 10.8 Å². The Morgan fingerprint density at radius 1 is 1.32 bits per heavy atom. The monoisotopic (exact) mass is 401 g/mol. The molecular weight excluding hydrogens is 373 g/mol. The van der Waals surface area contributed by atoms with Crippen molar-refractivity contribution in [2.24, 2.45) is 4.99 Å². The molecule has 0 aliphatic carbocycles. The second-order valence-electron chi connectivity index (χ2n) is 5.59. The van der Waals surface area contributed by atoms with Gasteiger partial charge in [-0.25, -0.2) is 0 Å². The fourth-order valence-corrected chi connectivity index (χ4v) is 2.76. The Kier molecular flexibility index (Phi) is 9.23. The molecule has 1 heterocycles. The largest absolute Gasteiger partial charge is 0.357 e. The molecule has 1 aliphatic heterocycles. The number of halogens is 1. The minimum Gasteiger partial charge on any atom is -0.357 e. The van der Waals surface area contributed by atoms with Crippen molar-refractivity contribution in [1.29, 1.82) is 0 Å². The van der Waals surface area contributed by atoms with Crippen LogP contribution in [0.15, 0.2) is 4.99 Å². The SMILES string of the molecule is CCNC(=NCCS(=O)C(C)(C)C)N1CCCC1.I. The van der Waals surface area contributed by atoms with Crippen LogP contribution in [0.25, 0.3) is 0 Å². The molecule has 0 aromatic rings. The molecule has 19 heavy (non-hydrogen) atoms. The van der Waals surface area contributed by atoms with Gasteiger partial charge in [0, 0.05) is 40.9 Å². The Balaban J connectivity index is 0.00000324. The highest BCUT2D eigenvalue weighted by Crippen LogP contribution is 2.11. The van der Waals surface area contributed by atoms with Crippen LogP contribution in [0.5, 0.6) is 0 Å². The van der Waals surface area contributed by atoms with E-state index >= 15 is 0 Å². The third-order valence-electron chi connectivity index (χ3n) is 2.96. The van der Waals surface area contributed by atoms with Gasteiger partial charge in [-0.2, -0.15) is 0 Å². The number of nitrogens with one attached hydrogen (secondary N) is 1. The first-order chi connectivity index (χ1) is 8.45. The van der Waals surface area contributed by atoms with Crippen molar-refractivity contribution in [1.82, 2.24) is 10.2 Å². The first kappa shape index (κ1) is 19.1. The summed E-state index contributed by atoms with van der Waals surface area (Å²) in [4.78, 5) is 6.88. The van der Waals surface area contributed by atoms with Crippen molar-refractivity contribution < 1.29 is 4.21 Å². The summed E-state index contributed by atoms with van der Waals surface area (Å²) >= 11 is 0. The summed E-state index contributed by atoms with van der Waals surface area (Å²) in [5.41, 5.74) is 0. The van der Waals surface area contributed by atoms with Crippen LogP contribution in [0.2, 0.25) is 0 Å². The topological polar surface area (TPSA) is 44.7 Å². The molecule has 0 radical (unpaired) electrons. The van der Waals surface area contributed by atoms with Crippen molar-refractivity contribution in [3.05, 3.63) is 0 Å². The lowest BCUT2D eigenvalue weighted by atomic mass is 10.3. The number of rotatable bonds is 4. The van der Waals surface area contributed by atoms with Crippen molar-refractivity contribution in [2.75, 3.05) is 31.9 Å². The molecule has 0 aromatic heterocycles. The zero-order valence-electron chi connectivity index (χ0n) is 12.6. The predicted molar refractivity (Wildman–Crippen MR) is 95.0 cm³/mol. The maximum absolute atomic E-state index is 11.9. The van der Waals surface area contributed by atoms with Gasteiger partial charge < -0.3 is 10.2 Å². The van der Waals surface area contributed by atoms with Gasteiger partial charge in [0.2, 0.25) is 0 Å². The third kappa shape index (κ3) is 6.92. The van der Waals surface area contributed by atoms with Crippen LogP contribution in [0.1, 0.15) is 40.5 Å². The minimum atomic E-state index is -0.813. The highest BCUT2D eigenvalue weighted by atomic mass is 127. The fourth-order valence-electron chi connectivity index (χ4n) is 1.90. The van der Waals surface area contributed by atoms with Crippen LogP contribution < -0.4 is 5.32 Å². The zero-order valence-corrected chi connectivity index (χ0v) is 15.7. The van der Waals surface area contributed by atoms with E-state index in [1.807, 2.05) is 20.8 Å². The molecule has 0 spiro atoms. The summed E-state index contributed by atoms with van der Waals surface area (Å²) in [5.74, 6) is 1.63. The van der Waals surface area contributed by atoms with Gasteiger partial charge in [0.05, 0.1) is 6.54 Å². The third-order valence-corrected chi connectivity index (χ3v) is 4.88. The van der Waals surface area contributed by atoms with Crippen LogP contribution in [0, 0.1) is 0 Å². The van der Waals surface area contributed by atoms with E-state index in [0.717, 1.165) is 25.6 Å². The van der Waals surface area contributed by atoms with Crippen LogP contribution >= 0.6 is 24.0 Å². The van der Waals surface area contributed by atoms with Gasteiger partial charge in [-0.05, 0) is 40.5 Å². The molecular formula is C13H28IN3OS. The first-order valence-electron chi connectivity index (χ1n) is 6.87. The normalized spacial score (nSPS) is 18.1. The second-order valence-corrected chi connectivity index (χ2v) is 7.92. The first-order valence-corrected chi connectivity index (χ1v) is 8.18. The number of guanidine groups is 1.